The van der Waals surface area contributed by atoms with E-state index in [-0.39, 0.29) is 0 Å². The van der Waals surface area contributed by atoms with Crippen molar-refractivity contribution in [1.29, 1.82) is 0 Å². The maximum absolute atomic E-state index is 12.5. The van der Waals surface area contributed by atoms with Crippen molar-refractivity contribution < 1.29 is 9.59 Å². The van der Waals surface area contributed by atoms with Gasteiger partial charge in [0.1, 0.15) is 0 Å². The average molecular weight is 306 g/mol. The average Bonchev–Trinajstić information content (AvgIpc) is 2.47. The zero-order chi connectivity index (χ0) is 14.3. The predicted octanol–water partition coefficient (Wildman–Crippen LogP) is 3.72. The summed E-state index contributed by atoms with van der Waals surface area (Å²) in [5.74, 6) is -1.25. The quantitative estimate of drug-likeness (QED) is 0.595. The second-order valence-corrected chi connectivity index (χ2v) is 5.72. The van der Waals surface area contributed by atoms with Gasteiger partial charge in [-0.15, -0.1) is 0 Å². The topological polar surface area (TPSA) is 37.4 Å². The molecule has 2 aromatic rings. The molecule has 0 atom stereocenters. The van der Waals surface area contributed by atoms with Crippen molar-refractivity contribution in [3.8, 4) is 0 Å². The molecule has 1 amide bonds. The number of carbonyl (C=O) groups is 2. The van der Waals surface area contributed by atoms with Gasteiger partial charge in [-0.1, -0.05) is 53.5 Å². The normalized spacial score (nSPS) is 17.0. The van der Waals surface area contributed by atoms with Crippen molar-refractivity contribution in [3.05, 3.63) is 60.2 Å². The summed E-state index contributed by atoms with van der Waals surface area (Å²) in [6.07, 6.45) is 0. The van der Waals surface area contributed by atoms with Gasteiger partial charge in [0.25, 0.3) is 10.2 Å². The molecule has 0 aromatic heterocycles. The highest BCUT2D eigenvalue weighted by Crippen LogP contribution is 2.42. The number of fused-ring (bicyclic) bond motifs is 1. The van der Waals surface area contributed by atoms with Gasteiger partial charge in [-0.25, -0.2) is 0 Å². The van der Waals surface area contributed by atoms with Crippen LogP contribution in [0.15, 0.2) is 54.6 Å². The third-order valence-corrected chi connectivity index (χ3v) is 3.83. The second-order valence-electron chi connectivity index (χ2n) is 4.40. The van der Waals surface area contributed by atoms with Crippen LogP contribution in [0.3, 0.4) is 0 Å². The third kappa shape index (κ3) is 1.82. The number of ketones is 1. The first kappa shape index (κ1) is 13.2. The molecule has 0 unspecified atom stereocenters. The Morgan fingerprint density at radius 1 is 0.850 bits per heavy atom. The van der Waals surface area contributed by atoms with Crippen LogP contribution in [-0.2, 0) is 4.79 Å². The number of rotatable bonds is 1. The standard InChI is InChI=1S/C15H9Cl2NO2/c16-15(17)13(19)11-8-4-5-9-12(11)18(14(15)20)10-6-2-1-3-7-10/h1-9H. The van der Waals surface area contributed by atoms with Gasteiger partial charge in [-0.2, -0.15) is 0 Å². The largest absolute Gasteiger partial charge is 0.290 e. The number of amides is 1. The van der Waals surface area contributed by atoms with Crippen LogP contribution in [0.4, 0.5) is 11.4 Å². The van der Waals surface area contributed by atoms with Crippen LogP contribution in [0.25, 0.3) is 0 Å². The van der Waals surface area contributed by atoms with Crippen LogP contribution in [0, 0.1) is 0 Å². The maximum Gasteiger partial charge on any atom is 0.276 e. The molecule has 5 heteroatoms. The van der Waals surface area contributed by atoms with Crippen LogP contribution < -0.4 is 4.90 Å². The molecule has 0 bridgehead atoms. The minimum atomic E-state index is -2.09. The van der Waals surface area contributed by atoms with E-state index in [2.05, 4.69) is 0 Å². The lowest BCUT2D eigenvalue weighted by atomic mass is 9.98. The molecule has 0 aliphatic carbocycles. The van der Waals surface area contributed by atoms with E-state index in [9.17, 15) is 9.59 Å². The van der Waals surface area contributed by atoms with Crippen molar-refractivity contribution in [2.75, 3.05) is 4.90 Å². The second kappa shape index (κ2) is 4.62. The summed E-state index contributed by atoms with van der Waals surface area (Å²) < 4.78 is -2.09. The highest BCUT2D eigenvalue weighted by Gasteiger charge is 2.51. The first-order valence-electron chi connectivity index (χ1n) is 5.95. The Balaban J connectivity index is 2.26. The van der Waals surface area contributed by atoms with E-state index in [1.165, 1.54) is 4.90 Å². The lowest BCUT2D eigenvalue weighted by Gasteiger charge is -2.34. The van der Waals surface area contributed by atoms with Crippen LogP contribution in [0.5, 0.6) is 0 Å². The molecule has 3 nitrogen and oxygen atoms in total. The Morgan fingerprint density at radius 2 is 1.45 bits per heavy atom. The Labute approximate surface area is 125 Å². The molecule has 0 N–H and O–H groups in total. The molecule has 0 spiro atoms. The predicted molar refractivity (Wildman–Crippen MR) is 78.8 cm³/mol. The number of carbonyl (C=O) groups excluding carboxylic acids is 2. The number of Topliss-reactive ketones (excluding diaryl/α,β-unsaturated/α-hetero) is 1. The minimum absolute atomic E-state index is 0.334. The van der Waals surface area contributed by atoms with Crippen LogP contribution in [0.1, 0.15) is 10.4 Å². The van der Waals surface area contributed by atoms with E-state index >= 15 is 0 Å². The highest BCUT2D eigenvalue weighted by molar-refractivity contribution is 6.71. The van der Waals surface area contributed by atoms with Crippen LogP contribution in [0.2, 0.25) is 0 Å². The lowest BCUT2D eigenvalue weighted by molar-refractivity contribution is -0.117. The maximum atomic E-state index is 12.5. The van der Waals surface area contributed by atoms with Crippen molar-refractivity contribution in [2.24, 2.45) is 0 Å². The smallest absolute Gasteiger partial charge is 0.276 e. The number of halogens is 2. The Bertz CT molecular complexity index is 698. The lowest BCUT2D eigenvalue weighted by Crippen LogP contribution is -2.49. The van der Waals surface area contributed by atoms with Crippen molar-refractivity contribution in [3.63, 3.8) is 0 Å². The van der Waals surface area contributed by atoms with E-state index in [1.807, 2.05) is 6.07 Å². The molecule has 100 valence electrons. The van der Waals surface area contributed by atoms with Gasteiger partial charge >= 0.3 is 0 Å². The molecule has 0 saturated heterocycles. The summed E-state index contributed by atoms with van der Waals surface area (Å²) >= 11 is 11.9. The number of hydrogen-bond donors (Lipinski definition) is 0. The first-order valence-corrected chi connectivity index (χ1v) is 6.70. The summed E-state index contributed by atoms with van der Waals surface area (Å²) in [5.41, 5.74) is 1.44. The van der Waals surface area contributed by atoms with E-state index in [0.717, 1.165) is 0 Å². The zero-order valence-corrected chi connectivity index (χ0v) is 11.7. The van der Waals surface area contributed by atoms with Gasteiger partial charge in [0.05, 0.1) is 5.69 Å². The SMILES string of the molecule is O=C1c2ccccc2N(c2ccccc2)C(=O)C1(Cl)Cl. The van der Waals surface area contributed by atoms with E-state index in [0.29, 0.717) is 16.9 Å². The van der Waals surface area contributed by atoms with E-state index in [1.54, 1.807) is 48.5 Å². The summed E-state index contributed by atoms with van der Waals surface area (Å²) in [4.78, 5) is 26.0. The minimum Gasteiger partial charge on any atom is -0.290 e. The van der Waals surface area contributed by atoms with Crippen molar-refractivity contribution in [2.45, 2.75) is 4.33 Å². The molecule has 0 fully saturated rings. The summed E-state index contributed by atoms with van der Waals surface area (Å²) in [6.45, 7) is 0. The molecule has 0 radical (unpaired) electrons. The molecule has 0 saturated carbocycles. The van der Waals surface area contributed by atoms with Crippen LogP contribution >= 0.6 is 23.2 Å². The molecule has 1 heterocycles. The van der Waals surface area contributed by atoms with Gasteiger partial charge in [0.2, 0.25) is 5.78 Å². The first-order chi connectivity index (χ1) is 9.53. The van der Waals surface area contributed by atoms with Crippen molar-refractivity contribution >= 4 is 46.3 Å². The Hall–Kier alpha value is -1.84. The van der Waals surface area contributed by atoms with Gasteiger partial charge < -0.3 is 0 Å². The summed E-state index contributed by atoms with van der Waals surface area (Å²) in [5, 5.41) is 0. The molecule has 3 rings (SSSR count). The summed E-state index contributed by atoms with van der Waals surface area (Å²) in [6, 6.07) is 15.7. The van der Waals surface area contributed by atoms with Gasteiger partial charge in [0.15, 0.2) is 0 Å². The fraction of sp³-hybridized carbons (Fsp3) is 0.0667. The van der Waals surface area contributed by atoms with Gasteiger partial charge in [0, 0.05) is 11.3 Å². The Kier molecular flexibility index (Phi) is 3.04. The number of hydrogen-bond acceptors (Lipinski definition) is 2. The fourth-order valence-electron chi connectivity index (χ4n) is 2.21. The zero-order valence-electron chi connectivity index (χ0n) is 10.2. The number of benzene rings is 2. The number of alkyl halides is 2. The fourth-order valence-corrected chi connectivity index (χ4v) is 2.58. The van der Waals surface area contributed by atoms with Crippen LogP contribution in [-0.4, -0.2) is 16.0 Å². The number of para-hydroxylation sites is 2. The summed E-state index contributed by atoms with van der Waals surface area (Å²) in [7, 11) is 0. The molecular weight excluding hydrogens is 297 g/mol. The molecule has 20 heavy (non-hydrogen) atoms. The molecule has 2 aromatic carbocycles. The molecule has 1 aliphatic rings. The third-order valence-electron chi connectivity index (χ3n) is 3.16. The van der Waals surface area contributed by atoms with Gasteiger partial charge in [-0.05, 0) is 24.3 Å². The number of anilines is 2. The van der Waals surface area contributed by atoms with Gasteiger partial charge in [-0.3, -0.25) is 14.5 Å². The van der Waals surface area contributed by atoms with E-state index in [4.69, 9.17) is 23.2 Å². The Morgan fingerprint density at radius 3 is 2.15 bits per heavy atom. The van der Waals surface area contributed by atoms with Crippen molar-refractivity contribution in [1.82, 2.24) is 0 Å². The highest BCUT2D eigenvalue weighted by atomic mass is 35.5. The monoisotopic (exact) mass is 305 g/mol. The number of nitrogens with zero attached hydrogens (tertiary/aromatic N) is 1. The molecule has 1 aliphatic heterocycles. The molecular formula is C15H9Cl2NO2. The van der Waals surface area contributed by atoms with E-state index < -0.39 is 16.0 Å².